The molecule has 0 spiro atoms. The average molecular weight is 204 g/mol. The minimum absolute atomic E-state index is 0.0736. The largest absolute Gasteiger partial charge is 0.392 e. The van der Waals surface area contributed by atoms with Crippen LogP contribution in [-0.2, 0) is 13.2 Å². The fourth-order valence-corrected chi connectivity index (χ4v) is 1.32. The molecule has 0 aliphatic carbocycles. The number of rotatable bonds is 3. The van der Waals surface area contributed by atoms with Crippen LogP contribution in [0.25, 0.3) is 0 Å². The van der Waals surface area contributed by atoms with Crippen molar-refractivity contribution in [3.05, 3.63) is 41.2 Å². The predicted octanol–water partition coefficient (Wildman–Crippen LogP) is 0.522. The third-order valence-electron chi connectivity index (χ3n) is 2.25. The average Bonchev–Trinajstić information content (AvgIpc) is 2.66. The van der Waals surface area contributed by atoms with Crippen molar-refractivity contribution < 1.29 is 5.11 Å². The zero-order valence-electron chi connectivity index (χ0n) is 8.46. The summed E-state index contributed by atoms with van der Waals surface area (Å²) in [5, 5.41) is 20.1. The first kappa shape index (κ1) is 9.79. The molecule has 0 aliphatic rings. The Hall–Kier alpha value is -1.75. The van der Waals surface area contributed by atoms with E-state index in [4.69, 9.17) is 5.11 Å². The summed E-state index contributed by atoms with van der Waals surface area (Å²) < 4.78 is 1.73. The van der Waals surface area contributed by atoms with E-state index in [9.17, 15) is 0 Å². The highest BCUT2D eigenvalue weighted by molar-refractivity contribution is 5.22. The monoisotopic (exact) mass is 204 g/mol. The molecule has 0 radical (unpaired) electrons. The molecule has 5 nitrogen and oxygen atoms in total. The molecule has 1 heterocycles. The number of hydrogen-bond donors (Lipinski definition) is 1. The minimum Gasteiger partial charge on any atom is -0.392 e. The van der Waals surface area contributed by atoms with E-state index in [2.05, 4.69) is 15.5 Å². The highest BCUT2D eigenvalue weighted by Gasteiger charge is 2.01. The molecule has 0 amide bonds. The van der Waals surface area contributed by atoms with Crippen molar-refractivity contribution in [2.75, 3.05) is 0 Å². The number of hydrogen-bond acceptors (Lipinski definition) is 4. The highest BCUT2D eigenvalue weighted by atomic mass is 16.3. The van der Waals surface area contributed by atoms with Crippen molar-refractivity contribution in [3.8, 4) is 0 Å². The molecule has 0 atom stereocenters. The summed E-state index contributed by atoms with van der Waals surface area (Å²) in [6, 6.07) is 7.73. The smallest absolute Gasteiger partial charge is 0.148 e. The maximum atomic E-state index is 8.89. The zero-order valence-corrected chi connectivity index (χ0v) is 8.46. The van der Waals surface area contributed by atoms with Gasteiger partial charge < -0.3 is 5.11 Å². The van der Waals surface area contributed by atoms with Gasteiger partial charge in [-0.2, -0.15) is 0 Å². The van der Waals surface area contributed by atoms with Gasteiger partial charge in [0.1, 0.15) is 5.82 Å². The second kappa shape index (κ2) is 4.18. The fraction of sp³-hybridized carbons (Fsp3) is 0.300. The molecule has 0 saturated carbocycles. The molecule has 1 N–H and O–H groups in total. The Kier molecular flexibility index (Phi) is 2.73. The fourth-order valence-electron chi connectivity index (χ4n) is 1.32. The van der Waals surface area contributed by atoms with E-state index >= 15 is 0 Å². The van der Waals surface area contributed by atoms with Crippen LogP contribution in [0.2, 0.25) is 0 Å². The van der Waals surface area contributed by atoms with Crippen molar-refractivity contribution in [3.63, 3.8) is 0 Å². The Morgan fingerprint density at radius 3 is 2.40 bits per heavy atom. The van der Waals surface area contributed by atoms with Crippen LogP contribution in [0.1, 0.15) is 17.0 Å². The van der Waals surface area contributed by atoms with Gasteiger partial charge in [-0.05, 0) is 28.5 Å². The quantitative estimate of drug-likeness (QED) is 0.791. The topological polar surface area (TPSA) is 63.8 Å². The Labute approximate surface area is 87.4 Å². The molecule has 0 bridgehead atoms. The molecule has 0 unspecified atom stereocenters. The molecule has 1 aromatic carbocycles. The van der Waals surface area contributed by atoms with Crippen LogP contribution in [0.5, 0.6) is 0 Å². The summed E-state index contributed by atoms with van der Waals surface area (Å²) in [5.74, 6) is 0.793. The lowest BCUT2D eigenvalue weighted by Crippen LogP contribution is -2.04. The van der Waals surface area contributed by atoms with E-state index in [1.807, 2.05) is 31.2 Å². The third kappa shape index (κ3) is 2.19. The normalized spacial score (nSPS) is 10.5. The van der Waals surface area contributed by atoms with E-state index in [0.29, 0.717) is 6.54 Å². The van der Waals surface area contributed by atoms with Crippen molar-refractivity contribution in [1.29, 1.82) is 0 Å². The summed E-state index contributed by atoms with van der Waals surface area (Å²) in [5.41, 5.74) is 2.02. The maximum absolute atomic E-state index is 8.89. The Bertz CT molecular complexity index is 435. The number of aliphatic hydroxyl groups is 1. The second-order valence-electron chi connectivity index (χ2n) is 3.36. The van der Waals surface area contributed by atoms with Gasteiger partial charge in [-0.3, -0.25) is 0 Å². The number of aliphatic hydroxyl groups excluding tert-OH is 1. The number of tetrazole rings is 1. The minimum atomic E-state index is 0.0736. The van der Waals surface area contributed by atoms with E-state index < -0.39 is 0 Å². The van der Waals surface area contributed by atoms with Crippen molar-refractivity contribution >= 4 is 0 Å². The van der Waals surface area contributed by atoms with Gasteiger partial charge >= 0.3 is 0 Å². The van der Waals surface area contributed by atoms with Crippen LogP contribution in [0, 0.1) is 6.92 Å². The summed E-state index contributed by atoms with van der Waals surface area (Å²) in [6.45, 7) is 2.59. The van der Waals surface area contributed by atoms with Gasteiger partial charge in [0.15, 0.2) is 0 Å². The number of benzene rings is 1. The molecular weight excluding hydrogens is 192 g/mol. The van der Waals surface area contributed by atoms with Gasteiger partial charge in [0.2, 0.25) is 0 Å². The van der Waals surface area contributed by atoms with Crippen LogP contribution >= 0.6 is 0 Å². The molecule has 2 aromatic rings. The van der Waals surface area contributed by atoms with E-state index in [1.54, 1.807) is 4.68 Å². The first-order chi connectivity index (χ1) is 7.29. The predicted molar refractivity (Wildman–Crippen MR) is 54.0 cm³/mol. The lowest BCUT2D eigenvalue weighted by atomic mass is 10.1. The standard InChI is InChI=1S/C10H12N4O/c1-8-11-12-13-14(8)6-9-2-4-10(7-15)5-3-9/h2-5,15H,6-7H2,1H3. The van der Waals surface area contributed by atoms with Crippen LogP contribution in [0.15, 0.2) is 24.3 Å². The zero-order chi connectivity index (χ0) is 10.7. The molecular formula is C10H12N4O. The molecule has 1 aromatic heterocycles. The van der Waals surface area contributed by atoms with Gasteiger partial charge in [0, 0.05) is 0 Å². The molecule has 0 fully saturated rings. The first-order valence-electron chi connectivity index (χ1n) is 4.71. The molecule has 2 rings (SSSR count). The number of aryl methyl sites for hydroxylation is 1. The molecule has 78 valence electrons. The van der Waals surface area contributed by atoms with Crippen molar-refractivity contribution in [2.24, 2.45) is 0 Å². The van der Waals surface area contributed by atoms with Gasteiger partial charge in [0.05, 0.1) is 13.2 Å². The van der Waals surface area contributed by atoms with Gasteiger partial charge in [-0.25, -0.2) is 4.68 Å². The van der Waals surface area contributed by atoms with Crippen LogP contribution in [0.3, 0.4) is 0 Å². The van der Waals surface area contributed by atoms with E-state index in [0.717, 1.165) is 17.0 Å². The van der Waals surface area contributed by atoms with Gasteiger partial charge in [0.25, 0.3) is 0 Å². The lowest BCUT2D eigenvalue weighted by Gasteiger charge is -2.02. The Balaban J connectivity index is 2.14. The highest BCUT2D eigenvalue weighted by Crippen LogP contribution is 2.06. The van der Waals surface area contributed by atoms with Crippen molar-refractivity contribution in [2.45, 2.75) is 20.1 Å². The summed E-state index contributed by atoms with van der Waals surface area (Å²) in [7, 11) is 0. The molecule has 5 heteroatoms. The lowest BCUT2D eigenvalue weighted by molar-refractivity contribution is 0.282. The SMILES string of the molecule is Cc1nnnn1Cc1ccc(CO)cc1. The van der Waals surface area contributed by atoms with Gasteiger partial charge in [-0.1, -0.05) is 24.3 Å². The Morgan fingerprint density at radius 2 is 1.87 bits per heavy atom. The first-order valence-corrected chi connectivity index (χ1v) is 4.71. The van der Waals surface area contributed by atoms with E-state index in [1.165, 1.54) is 0 Å². The summed E-state index contributed by atoms with van der Waals surface area (Å²) >= 11 is 0. The second-order valence-corrected chi connectivity index (χ2v) is 3.36. The van der Waals surface area contributed by atoms with Crippen molar-refractivity contribution in [1.82, 2.24) is 20.2 Å². The van der Waals surface area contributed by atoms with E-state index in [-0.39, 0.29) is 6.61 Å². The third-order valence-corrected chi connectivity index (χ3v) is 2.25. The van der Waals surface area contributed by atoms with Crippen LogP contribution in [0.4, 0.5) is 0 Å². The van der Waals surface area contributed by atoms with Crippen LogP contribution in [-0.4, -0.2) is 25.3 Å². The molecule has 15 heavy (non-hydrogen) atoms. The summed E-state index contributed by atoms with van der Waals surface area (Å²) in [6.07, 6.45) is 0. The maximum Gasteiger partial charge on any atom is 0.148 e. The summed E-state index contributed by atoms with van der Waals surface area (Å²) in [4.78, 5) is 0. The number of aromatic nitrogens is 4. The van der Waals surface area contributed by atoms with Crippen LogP contribution < -0.4 is 0 Å². The molecule has 0 aliphatic heterocycles. The Morgan fingerprint density at radius 1 is 1.20 bits per heavy atom. The van der Waals surface area contributed by atoms with Gasteiger partial charge in [-0.15, -0.1) is 5.10 Å². The number of nitrogens with zero attached hydrogens (tertiary/aromatic N) is 4. The molecule has 0 saturated heterocycles.